The first kappa shape index (κ1) is 16.8. The molecule has 1 aromatic rings. The molecule has 0 spiro atoms. The van der Waals surface area contributed by atoms with Gasteiger partial charge in [0, 0.05) is 5.56 Å². The van der Waals surface area contributed by atoms with Gasteiger partial charge in [0.2, 0.25) is 0 Å². The van der Waals surface area contributed by atoms with Gasteiger partial charge in [-0.2, -0.15) is 26.3 Å². The number of alkyl halides is 7. The lowest BCUT2D eigenvalue weighted by Crippen LogP contribution is -2.21. The minimum Gasteiger partial charge on any atom is -0.292 e. The zero-order valence-corrected chi connectivity index (χ0v) is 10.8. The third-order valence-electron chi connectivity index (χ3n) is 2.56. The summed E-state index contributed by atoms with van der Waals surface area (Å²) < 4.78 is 75.7. The van der Waals surface area contributed by atoms with E-state index in [0.717, 1.165) is 0 Å². The highest BCUT2D eigenvalue weighted by Gasteiger charge is 2.39. The molecule has 1 aromatic carbocycles. The van der Waals surface area contributed by atoms with Crippen molar-refractivity contribution in [1.29, 1.82) is 0 Å². The summed E-state index contributed by atoms with van der Waals surface area (Å²) in [6.45, 7) is 1.48. The molecule has 112 valence electrons. The zero-order valence-electron chi connectivity index (χ0n) is 10.1. The molecule has 1 unspecified atom stereocenters. The second-order valence-corrected chi connectivity index (χ2v) is 4.52. The number of ketones is 1. The maximum Gasteiger partial charge on any atom is 0.417 e. The molecule has 20 heavy (non-hydrogen) atoms. The summed E-state index contributed by atoms with van der Waals surface area (Å²) >= 11 is 5.56. The molecule has 0 aliphatic carbocycles. The number of benzene rings is 1. The van der Waals surface area contributed by atoms with Gasteiger partial charge < -0.3 is 0 Å². The Balaban J connectivity index is 3.43. The summed E-state index contributed by atoms with van der Waals surface area (Å²) in [5, 5.41) is -1.21. The monoisotopic (exact) mass is 318 g/mol. The molecule has 0 fully saturated rings. The van der Waals surface area contributed by atoms with Gasteiger partial charge in [0.1, 0.15) is 0 Å². The summed E-state index contributed by atoms with van der Waals surface area (Å²) in [4.78, 5) is 11.7. The Hall–Kier alpha value is -1.24. The van der Waals surface area contributed by atoms with Crippen LogP contribution in [0.4, 0.5) is 26.3 Å². The van der Waals surface area contributed by atoms with Crippen LogP contribution in [-0.4, -0.2) is 11.2 Å². The van der Waals surface area contributed by atoms with Gasteiger partial charge in [0.25, 0.3) is 0 Å². The Bertz CT molecular complexity index is 506. The minimum atomic E-state index is -5.07. The average Bonchev–Trinajstić information content (AvgIpc) is 2.34. The van der Waals surface area contributed by atoms with Crippen LogP contribution in [0.3, 0.4) is 0 Å². The second kappa shape index (κ2) is 5.63. The summed E-state index contributed by atoms with van der Waals surface area (Å²) in [7, 11) is 0. The van der Waals surface area contributed by atoms with Crippen molar-refractivity contribution >= 4 is 17.4 Å². The number of hydrogen-bond acceptors (Lipinski definition) is 1. The molecule has 0 radical (unpaired) electrons. The van der Waals surface area contributed by atoms with Crippen LogP contribution in [0.25, 0.3) is 0 Å². The van der Waals surface area contributed by atoms with Crippen molar-refractivity contribution in [2.75, 3.05) is 0 Å². The predicted molar refractivity (Wildman–Crippen MR) is 60.7 cm³/mol. The number of Topliss-reactive ketones (excluding diaryl/α,β-unsaturated/α-hetero) is 1. The van der Waals surface area contributed by atoms with Crippen molar-refractivity contribution in [3.63, 3.8) is 0 Å². The molecule has 0 aromatic heterocycles. The van der Waals surface area contributed by atoms with E-state index in [2.05, 4.69) is 0 Å². The topological polar surface area (TPSA) is 17.1 Å². The van der Waals surface area contributed by atoms with E-state index >= 15 is 0 Å². The van der Waals surface area contributed by atoms with Crippen LogP contribution in [0.2, 0.25) is 0 Å². The van der Waals surface area contributed by atoms with Crippen LogP contribution < -0.4 is 0 Å². The molecule has 0 N–H and O–H groups in total. The summed E-state index contributed by atoms with van der Waals surface area (Å²) in [5.74, 6) is -1.05. The van der Waals surface area contributed by atoms with E-state index in [9.17, 15) is 31.1 Å². The van der Waals surface area contributed by atoms with Gasteiger partial charge in [-0.1, -0.05) is 13.0 Å². The average molecular weight is 319 g/mol. The first-order chi connectivity index (χ1) is 8.98. The maximum atomic E-state index is 12.8. The SMILES string of the molecule is CCC(Cl)C(=O)c1ccc(C(F)(F)F)cc1C(F)(F)F. The van der Waals surface area contributed by atoms with Gasteiger partial charge in [-0.3, -0.25) is 4.79 Å². The van der Waals surface area contributed by atoms with Gasteiger partial charge >= 0.3 is 12.4 Å². The molecule has 0 heterocycles. The maximum absolute atomic E-state index is 12.8. The van der Waals surface area contributed by atoms with Gasteiger partial charge in [-0.05, 0) is 18.6 Å². The molecule has 1 atom stereocenters. The number of carbonyl (C=O) groups excluding carboxylic acids is 1. The Morgan fingerprint density at radius 3 is 2.10 bits per heavy atom. The van der Waals surface area contributed by atoms with Crippen LogP contribution >= 0.6 is 11.6 Å². The number of hydrogen-bond donors (Lipinski definition) is 0. The fourth-order valence-corrected chi connectivity index (χ4v) is 1.64. The lowest BCUT2D eigenvalue weighted by atomic mass is 9.97. The van der Waals surface area contributed by atoms with E-state index in [1.54, 1.807) is 0 Å². The molecular formula is C12H9ClF6O. The van der Waals surface area contributed by atoms with Crippen molar-refractivity contribution in [2.45, 2.75) is 31.1 Å². The van der Waals surface area contributed by atoms with Crippen LogP contribution in [0, 0.1) is 0 Å². The van der Waals surface area contributed by atoms with Crippen LogP contribution in [0.1, 0.15) is 34.8 Å². The summed E-state index contributed by atoms with van der Waals surface area (Å²) in [6, 6.07) is 0.868. The highest BCUT2D eigenvalue weighted by molar-refractivity contribution is 6.34. The van der Waals surface area contributed by atoms with Gasteiger partial charge in [-0.15, -0.1) is 11.6 Å². The number of halogens is 7. The van der Waals surface area contributed by atoms with E-state index in [1.807, 2.05) is 0 Å². The van der Waals surface area contributed by atoms with Crippen LogP contribution in [-0.2, 0) is 12.4 Å². The molecule has 0 aliphatic heterocycles. The molecule has 0 saturated heterocycles. The Kier molecular flexibility index (Phi) is 4.74. The van der Waals surface area contributed by atoms with Crippen molar-refractivity contribution in [2.24, 2.45) is 0 Å². The Morgan fingerprint density at radius 2 is 1.70 bits per heavy atom. The lowest BCUT2D eigenvalue weighted by Gasteiger charge is -2.16. The molecule has 1 nitrogen and oxygen atoms in total. The van der Waals surface area contributed by atoms with E-state index in [0.29, 0.717) is 12.1 Å². The van der Waals surface area contributed by atoms with Crippen LogP contribution in [0.5, 0.6) is 0 Å². The van der Waals surface area contributed by atoms with E-state index < -0.39 is 40.2 Å². The molecular weight excluding hydrogens is 310 g/mol. The van der Waals surface area contributed by atoms with Crippen molar-refractivity contribution in [3.05, 3.63) is 34.9 Å². The molecule has 0 aliphatic rings. The largest absolute Gasteiger partial charge is 0.417 e. The van der Waals surface area contributed by atoms with Crippen molar-refractivity contribution in [1.82, 2.24) is 0 Å². The lowest BCUT2D eigenvalue weighted by molar-refractivity contribution is -0.143. The fraction of sp³-hybridized carbons (Fsp3) is 0.417. The van der Waals surface area contributed by atoms with E-state index in [4.69, 9.17) is 11.6 Å². The Labute approximate surface area is 115 Å². The molecule has 1 rings (SSSR count). The molecule has 0 saturated carbocycles. The first-order valence-electron chi connectivity index (χ1n) is 5.45. The van der Waals surface area contributed by atoms with Gasteiger partial charge in [-0.25, -0.2) is 0 Å². The quantitative estimate of drug-likeness (QED) is 0.439. The zero-order chi connectivity index (χ0) is 15.7. The smallest absolute Gasteiger partial charge is 0.292 e. The molecule has 8 heteroatoms. The highest BCUT2D eigenvalue weighted by atomic mass is 35.5. The van der Waals surface area contributed by atoms with Gasteiger partial charge in [0.05, 0.1) is 16.5 Å². The van der Waals surface area contributed by atoms with E-state index in [1.165, 1.54) is 6.92 Å². The summed E-state index contributed by atoms with van der Waals surface area (Å²) in [5.41, 5.74) is -3.95. The summed E-state index contributed by atoms with van der Waals surface area (Å²) in [6.07, 6.45) is -9.93. The number of rotatable bonds is 3. The standard InChI is InChI=1S/C12H9ClF6O/c1-2-9(13)10(20)7-4-3-6(11(14,15)16)5-8(7)12(17,18)19/h3-5,9H,2H2,1H3. The van der Waals surface area contributed by atoms with Crippen LogP contribution in [0.15, 0.2) is 18.2 Å². The third kappa shape index (κ3) is 3.65. The first-order valence-corrected chi connectivity index (χ1v) is 5.88. The minimum absolute atomic E-state index is 0.0682. The number of carbonyl (C=O) groups is 1. The van der Waals surface area contributed by atoms with Crippen molar-refractivity contribution in [3.8, 4) is 0 Å². The predicted octanol–water partition coefficient (Wildman–Crippen LogP) is 4.92. The highest BCUT2D eigenvalue weighted by Crippen LogP contribution is 2.38. The Morgan fingerprint density at radius 1 is 1.15 bits per heavy atom. The molecule has 0 bridgehead atoms. The van der Waals surface area contributed by atoms with E-state index in [-0.39, 0.29) is 12.5 Å². The van der Waals surface area contributed by atoms with Crippen molar-refractivity contribution < 1.29 is 31.1 Å². The second-order valence-electron chi connectivity index (χ2n) is 4.00. The fourth-order valence-electron chi connectivity index (χ4n) is 1.52. The molecule has 0 amide bonds. The van der Waals surface area contributed by atoms with Gasteiger partial charge in [0.15, 0.2) is 5.78 Å². The third-order valence-corrected chi connectivity index (χ3v) is 3.07. The normalized spacial score (nSPS) is 14.2.